The fourth-order valence-electron chi connectivity index (χ4n) is 3.45. The van der Waals surface area contributed by atoms with E-state index in [0.29, 0.717) is 13.2 Å². The number of thiophene rings is 1. The average Bonchev–Trinajstić information content (AvgIpc) is 3.03. The second kappa shape index (κ2) is 5.86. The molecule has 0 saturated heterocycles. The number of benzene rings is 1. The Labute approximate surface area is 148 Å². The van der Waals surface area contributed by atoms with Gasteiger partial charge in [-0.2, -0.15) is 0 Å². The normalized spacial score (nSPS) is 19.0. The molecule has 2 aromatic heterocycles. The lowest BCUT2D eigenvalue weighted by Gasteiger charge is -2.26. The number of hydrogen-bond donors (Lipinski definition) is 1. The number of ether oxygens (including phenoxy) is 2. The number of rotatable bonds is 2. The number of hydrogen-bond acceptors (Lipinski definition) is 6. The Kier molecular flexibility index (Phi) is 3.50. The summed E-state index contributed by atoms with van der Waals surface area (Å²) in [5.41, 5.74) is 1.18. The second-order valence-corrected chi connectivity index (χ2v) is 7.39. The molecule has 0 spiro atoms. The van der Waals surface area contributed by atoms with Crippen LogP contribution < -0.4 is 20.3 Å². The standard InChI is InChI=1S/C18H17N3O3S/c22-18-16-12-5-6-19-7-15(12)25-17(16)20-10-21(18)8-11-9-23-13-3-1-2-4-14(13)24-11/h1-4,10-11,19H,5-9H2. The number of nitrogens with zero attached hydrogens (tertiary/aromatic N) is 2. The van der Waals surface area contributed by atoms with E-state index in [-0.39, 0.29) is 11.7 Å². The van der Waals surface area contributed by atoms with Gasteiger partial charge in [-0.1, -0.05) is 12.1 Å². The molecule has 0 saturated carbocycles. The van der Waals surface area contributed by atoms with Gasteiger partial charge in [-0.25, -0.2) is 4.98 Å². The Morgan fingerprint density at radius 3 is 3.12 bits per heavy atom. The van der Waals surface area contributed by atoms with Crippen LogP contribution in [0.3, 0.4) is 0 Å². The van der Waals surface area contributed by atoms with Crippen LogP contribution in [0.25, 0.3) is 10.2 Å². The number of para-hydroxylation sites is 2. The van der Waals surface area contributed by atoms with Gasteiger partial charge in [-0.05, 0) is 30.7 Å². The number of nitrogens with one attached hydrogen (secondary N) is 1. The molecule has 25 heavy (non-hydrogen) atoms. The highest BCUT2D eigenvalue weighted by molar-refractivity contribution is 7.18. The molecule has 6 nitrogen and oxygen atoms in total. The van der Waals surface area contributed by atoms with Crippen LogP contribution in [0.1, 0.15) is 10.4 Å². The molecular weight excluding hydrogens is 338 g/mol. The number of fused-ring (bicyclic) bond motifs is 4. The largest absolute Gasteiger partial charge is 0.486 e. The molecule has 7 heteroatoms. The van der Waals surface area contributed by atoms with Crippen molar-refractivity contribution in [2.24, 2.45) is 0 Å². The smallest absolute Gasteiger partial charge is 0.262 e. The molecule has 0 amide bonds. The first-order valence-corrected chi connectivity index (χ1v) is 9.20. The van der Waals surface area contributed by atoms with Crippen molar-refractivity contribution in [2.75, 3.05) is 13.2 Å². The van der Waals surface area contributed by atoms with Crippen molar-refractivity contribution in [2.45, 2.75) is 25.6 Å². The highest BCUT2D eigenvalue weighted by atomic mass is 32.1. The Bertz CT molecular complexity index is 1010. The minimum atomic E-state index is -0.206. The predicted molar refractivity (Wildman–Crippen MR) is 95.6 cm³/mol. The maximum Gasteiger partial charge on any atom is 0.262 e. The van der Waals surface area contributed by atoms with Crippen molar-refractivity contribution in [1.29, 1.82) is 0 Å². The minimum Gasteiger partial charge on any atom is -0.486 e. The van der Waals surface area contributed by atoms with E-state index in [2.05, 4.69) is 10.3 Å². The van der Waals surface area contributed by atoms with Crippen molar-refractivity contribution in [3.05, 3.63) is 51.4 Å². The van der Waals surface area contributed by atoms with E-state index < -0.39 is 0 Å². The summed E-state index contributed by atoms with van der Waals surface area (Å²) >= 11 is 1.62. The number of aromatic nitrogens is 2. The first-order valence-electron chi connectivity index (χ1n) is 8.38. The third-order valence-electron chi connectivity index (χ3n) is 4.67. The quantitative estimate of drug-likeness (QED) is 0.761. The van der Waals surface area contributed by atoms with Crippen LogP contribution in [0, 0.1) is 0 Å². The summed E-state index contributed by atoms with van der Waals surface area (Å²) in [5, 5.41) is 4.13. The topological polar surface area (TPSA) is 65.4 Å². The van der Waals surface area contributed by atoms with Crippen molar-refractivity contribution >= 4 is 21.6 Å². The highest BCUT2D eigenvalue weighted by Crippen LogP contribution is 2.32. The van der Waals surface area contributed by atoms with Gasteiger partial charge in [-0.3, -0.25) is 9.36 Å². The molecule has 1 atom stereocenters. The molecule has 1 unspecified atom stereocenters. The molecule has 2 aliphatic heterocycles. The maximum atomic E-state index is 13.0. The summed E-state index contributed by atoms with van der Waals surface area (Å²) in [6.45, 7) is 2.59. The van der Waals surface area contributed by atoms with Gasteiger partial charge in [-0.15, -0.1) is 11.3 Å². The lowest BCUT2D eigenvalue weighted by atomic mass is 10.1. The molecule has 0 fully saturated rings. The second-order valence-electron chi connectivity index (χ2n) is 6.31. The minimum absolute atomic E-state index is 0.0202. The fraction of sp³-hybridized carbons (Fsp3) is 0.333. The van der Waals surface area contributed by atoms with E-state index in [1.807, 2.05) is 24.3 Å². The SMILES string of the molecule is O=c1c2c3c(sc2ncn1CC1COc2ccccc2O1)CNCC3. The van der Waals surface area contributed by atoms with Crippen LogP contribution in [0.4, 0.5) is 0 Å². The first kappa shape index (κ1) is 14.9. The first-order chi connectivity index (χ1) is 12.3. The van der Waals surface area contributed by atoms with Crippen molar-refractivity contribution < 1.29 is 9.47 Å². The fourth-order valence-corrected chi connectivity index (χ4v) is 4.60. The Hall–Kier alpha value is -2.38. The lowest BCUT2D eigenvalue weighted by Crippen LogP contribution is -2.36. The molecule has 1 aromatic carbocycles. The van der Waals surface area contributed by atoms with Gasteiger partial charge in [0.05, 0.1) is 18.3 Å². The molecule has 128 valence electrons. The summed E-state index contributed by atoms with van der Waals surface area (Å²) in [6.07, 6.45) is 2.30. The van der Waals surface area contributed by atoms with E-state index in [0.717, 1.165) is 46.8 Å². The zero-order chi connectivity index (χ0) is 16.8. The maximum absolute atomic E-state index is 13.0. The monoisotopic (exact) mass is 355 g/mol. The van der Waals surface area contributed by atoms with Gasteiger partial charge in [0.15, 0.2) is 17.6 Å². The molecule has 3 aromatic rings. The van der Waals surface area contributed by atoms with Crippen LogP contribution >= 0.6 is 11.3 Å². The summed E-state index contributed by atoms with van der Waals surface area (Å²) in [7, 11) is 0. The van der Waals surface area contributed by atoms with Crippen LogP contribution in [-0.4, -0.2) is 28.8 Å². The van der Waals surface area contributed by atoms with Crippen LogP contribution in [0.2, 0.25) is 0 Å². The highest BCUT2D eigenvalue weighted by Gasteiger charge is 2.24. The van der Waals surface area contributed by atoms with Crippen molar-refractivity contribution in [1.82, 2.24) is 14.9 Å². The van der Waals surface area contributed by atoms with Crippen molar-refractivity contribution in [3.63, 3.8) is 0 Å². The lowest BCUT2D eigenvalue weighted by molar-refractivity contribution is 0.0777. The van der Waals surface area contributed by atoms with Gasteiger partial charge in [0.25, 0.3) is 5.56 Å². The van der Waals surface area contributed by atoms with E-state index in [1.165, 1.54) is 4.88 Å². The summed E-state index contributed by atoms with van der Waals surface area (Å²) in [4.78, 5) is 19.6. The molecule has 0 radical (unpaired) electrons. The Morgan fingerprint density at radius 2 is 2.20 bits per heavy atom. The summed E-state index contributed by atoms with van der Waals surface area (Å²) < 4.78 is 13.4. The summed E-state index contributed by atoms with van der Waals surface area (Å²) in [5.74, 6) is 1.47. The van der Waals surface area contributed by atoms with E-state index >= 15 is 0 Å². The van der Waals surface area contributed by atoms with Crippen molar-refractivity contribution in [3.8, 4) is 11.5 Å². The summed E-state index contributed by atoms with van der Waals surface area (Å²) in [6, 6.07) is 7.60. The molecule has 5 rings (SSSR count). The molecule has 1 N–H and O–H groups in total. The van der Waals surface area contributed by atoms with Gasteiger partial charge in [0.2, 0.25) is 0 Å². The van der Waals surface area contributed by atoms with E-state index in [1.54, 1.807) is 22.2 Å². The molecule has 2 aliphatic rings. The molecular formula is C18H17N3O3S. The third-order valence-corrected chi connectivity index (χ3v) is 5.81. The molecule has 0 bridgehead atoms. The van der Waals surface area contributed by atoms with Gasteiger partial charge in [0, 0.05) is 11.4 Å². The average molecular weight is 355 g/mol. The van der Waals surface area contributed by atoms with Gasteiger partial charge >= 0.3 is 0 Å². The van der Waals surface area contributed by atoms with E-state index in [9.17, 15) is 4.79 Å². The van der Waals surface area contributed by atoms with Gasteiger partial charge in [0.1, 0.15) is 11.4 Å². The third kappa shape index (κ3) is 2.51. The Morgan fingerprint density at radius 1 is 1.32 bits per heavy atom. The Balaban J connectivity index is 1.48. The van der Waals surface area contributed by atoms with Crippen LogP contribution in [0.5, 0.6) is 11.5 Å². The van der Waals surface area contributed by atoms with E-state index in [4.69, 9.17) is 9.47 Å². The zero-order valence-corrected chi connectivity index (χ0v) is 14.3. The van der Waals surface area contributed by atoms with Crippen LogP contribution in [0.15, 0.2) is 35.4 Å². The molecule has 4 heterocycles. The van der Waals surface area contributed by atoms with Gasteiger partial charge < -0.3 is 14.8 Å². The predicted octanol–water partition coefficient (Wildman–Crippen LogP) is 1.94. The zero-order valence-electron chi connectivity index (χ0n) is 13.5. The van der Waals surface area contributed by atoms with Crippen LogP contribution in [-0.2, 0) is 19.5 Å². The molecule has 0 aliphatic carbocycles.